The molecule has 0 aromatic rings. The lowest BCUT2D eigenvalue weighted by molar-refractivity contribution is 0.0913. The molecule has 89 valence electrons. The van der Waals surface area contributed by atoms with Gasteiger partial charge in [-0.25, -0.2) is 9.67 Å². The van der Waals surface area contributed by atoms with Crippen LogP contribution in [0.2, 0.25) is 0 Å². The normalized spacial score (nSPS) is 20.7. The van der Waals surface area contributed by atoms with E-state index in [1.165, 1.54) is 0 Å². The van der Waals surface area contributed by atoms with Crippen LogP contribution in [0.5, 0.6) is 0 Å². The fourth-order valence-corrected chi connectivity index (χ4v) is 2.11. The molecule has 1 aliphatic rings. The van der Waals surface area contributed by atoms with Gasteiger partial charge in [-0.2, -0.15) is 0 Å². The molecule has 1 aliphatic heterocycles. The fourth-order valence-electron chi connectivity index (χ4n) is 1.71. The first-order chi connectivity index (χ1) is 7.01. The standard InChI is InChI=1S/C8H17NO5P/c10-6-5-9-3-1-8(2-4-9)7-14-15(11,12)13/h8H,1-7H2,(H2,11,12,13). The van der Waals surface area contributed by atoms with Crippen LogP contribution in [0.1, 0.15) is 12.8 Å². The van der Waals surface area contributed by atoms with Gasteiger partial charge in [0.1, 0.15) is 0 Å². The van der Waals surface area contributed by atoms with Crippen LogP contribution in [0, 0.1) is 5.92 Å². The molecule has 0 spiro atoms. The minimum Gasteiger partial charge on any atom is -0.303 e. The highest BCUT2D eigenvalue weighted by Crippen LogP contribution is 2.37. The van der Waals surface area contributed by atoms with Gasteiger partial charge in [0.15, 0.2) is 0 Å². The van der Waals surface area contributed by atoms with Crippen molar-refractivity contribution in [2.24, 2.45) is 5.92 Å². The Morgan fingerprint density at radius 2 is 1.93 bits per heavy atom. The van der Waals surface area contributed by atoms with Crippen LogP contribution >= 0.6 is 7.82 Å². The molecule has 0 atom stereocenters. The monoisotopic (exact) mass is 238 g/mol. The number of piperidine rings is 1. The van der Waals surface area contributed by atoms with E-state index in [4.69, 9.17) is 9.79 Å². The third-order valence-corrected chi connectivity index (χ3v) is 3.08. The van der Waals surface area contributed by atoms with Gasteiger partial charge in [-0.15, -0.1) is 0 Å². The second kappa shape index (κ2) is 5.94. The molecular formula is C8H17NO5P. The number of nitrogens with zero attached hydrogens (tertiary/aromatic N) is 1. The summed E-state index contributed by atoms with van der Waals surface area (Å²) in [7, 11) is -4.32. The van der Waals surface area contributed by atoms with Gasteiger partial charge in [0, 0.05) is 6.54 Å². The average molecular weight is 238 g/mol. The van der Waals surface area contributed by atoms with Crippen molar-refractivity contribution >= 4 is 7.82 Å². The summed E-state index contributed by atoms with van der Waals surface area (Å²) < 4.78 is 14.9. The molecule has 0 aromatic carbocycles. The Bertz CT molecular complexity index is 223. The lowest BCUT2D eigenvalue weighted by Gasteiger charge is -2.30. The third-order valence-electron chi connectivity index (χ3n) is 2.59. The lowest BCUT2D eigenvalue weighted by Crippen LogP contribution is -2.36. The summed E-state index contributed by atoms with van der Waals surface area (Å²) in [5.74, 6) is 0.195. The van der Waals surface area contributed by atoms with Crippen LogP contribution in [-0.2, 0) is 14.2 Å². The van der Waals surface area contributed by atoms with E-state index < -0.39 is 7.82 Å². The van der Waals surface area contributed by atoms with E-state index in [0.29, 0.717) is 6.54 Å². The second-order valence-electron chi connectivity index (χ2n) is 3.78. The van der Waals surface area contributed by atoms with Gasteiger partial charge in [-0.1, -0.05) is 0 Å². The molecule has 0 bridgehead atoms. The maximum atomic E-state index is 10.5. The summed E-state index contributed by atoms with van der Waals surface area (Å²) in [6.07, 6.45) is 1.67. The van der Waals surface area contributed by atoms with E-state index >= 15 is 0 Å². The van der Waals surface area contributed by atoms with Crippen molar-refractivity contribution in [1.82, 2.24) is 4.90 Å². The van der Waals surface area contributed by atoms with Gasteiger partial charge in [-0.05, 0) is 31.8 Å². The highest BCUT2D eigenvalue weighted by Gasteiger charge is 2.22. The van der Waals surface area contributed by atoms with E-state index in [-0.39, 0.29) is 19.1 Å². The lowest BCUT2D eigenvalue weighted by atomic mass is 9.98. The zero-order chi connectivity index (χ0) is 11.3. The molecule has 1 fully saturated rings. The molecule has 7 heteroatoms. The zero-order valence-electron chi connectivity index (χ0n) is 8.54. The number of likely N-dealkylation sites (tertiary alicyclic amines) is 1. The van der Waals surface area contributed by atoms with Crippen LogP contribution in [0.4, 0.5) is 0 Å². The number of phosphoric ester groups is 1. The third kappa shape index (κ3) is 5.61. The van der Waals surface area contributed by atoms with Crippen molar-refractivity contribution in [2.75, 3.05) is 32.8 Å². The van der Waals surface area contributed by atoms with E-state index in [2.05, 4.69) is 9.42 Å². The number of phosphoric acid groups is 1. The van der Waals surface area contributed by atoms with E-state index in [9.17, 15) is 9.67 Å². The molecule has 0 amide bonds. The van der Waals surface area contributed by atoms with Gasteiger partial charge in [-0.3, -0.25) is 4.52 Å². The first kappa shape index (κ1) is 13.1. The molecule has 0 unspecified atom stereocenters. The number of hydrogen-bond donors (Lipinski definition) is 2. The summed E-state index contributed by atoms with van der Waals surface area (Å²) >= 11 is 0. The predicted octanol–water partition coefficient (Wildman–Crippen LogP) is 0.238. The molecule has 6 nitrogen and oxygen atoms in total. The summed E-state index contributed by atoms with van der Waals surface area (Å²) in [6.45, 7) is 2.21. The zero-order valence-corrected chi connectivity index (χ0v) is 9.44. The van der Waals surface area contributed by atoms with Crippen LogP contribution in [0.25, 0.3) is 0 Å². The summed E-state index contributed by atoms with van der Waals surface area (Å²) in [4.78, 5) is 19.1. The Labute approximate surface area is 89.1 Å². The van der Waals surface area contributed by atoms with Crippen LogP contribution in [0.3, 0.4) is 0 Å². The van der Waals surface area contributed by atoms with Crippen molar-refractivity contribution in [3.63, 3.8) is 0 Å². The highest BCUT2D eigenvalue weighted by atomic mass is 31.2. The molecule has 1 radical (unpaired) electrons. The van der Waals surface area contributed by atoms with Gasteiger partial charge in [0.2, 0.25) is 0 Å². The molecule has 2 N–H and O–H groups in total. The Balaban J connectivity index is 2.17. The first-order valence-electron chi connectivity index (χ1n) is 5.02. The second-order valence-corrected chi connectivity index (χ2v) is 5.01. The molecule has 0 saturated carbocycles. The number of rotatable bonds is 5. The van der Waals surface area contributed by atoms with Gasteiger partial charge >= 0.3 is 7.82 Å². The molecule has 1 rings (SSSR count). The summed E-state index contributed by atoms with van der Waals surface area (Å²) in [5.41, 5.74) is 0. The van der Waals surface area contributed by atoms with E-state index in [1.807, 2.05) is 0 Å². The van der Waals surface area contributed by atoms with Gasteiger partial charge < -0.3 is 14.7 Å². The smallest absolute Gasteiger partial charge is 0.303 e. The maximum Gasteiger partial charge on any atom is 0.469 e. The van der Waals surface area contributed by atoms with E-state index in [0.717, 1.165) is 25.9 Å². The van der Waals surface area contributed by atoms with E-state index in [1.54, 1.807) is 0 Å². The largest absolute Gasteiger partial charge is 0.469 e. The quantitative estimate of drug-likeness (QED) is 0.669. The topological polar surface area (TPSA) is 89.9 Å². The SMILES string of the molecule is [O]CCN1CCC(COP(=O)(O)O)CC1. The Kier molecular flexibility index (Phi) is 5.18. The Morgan fingerprint density at radius 3 is 2.40 bits per heavy atom. The molecule has 0 aromatic heterocycles. The maximum absolute atomic E-state index is 10.5. The molecule has 0 aliphatic carbocycles. The highest BCUT2D eigenvalue weighted by molar-refractivity contribution is 7.46. The van der Waals surface area contributed by atoms with Crippen molar-refractivity contribution in [3.8, 4) is 0 Å². The minimum atomic E-state index is -4.32. The van der Waals surface area contributed by atoms with Crippen LogP contribution < -0.4 is 0 Å². The summed E-state index contributed by atoms with van der Waals surface area (Å²) in [5, 5.41) is 10.4. The van der Waals surface area contributed by atoms with Crippen LogP contribution in [0.15, 0.2) is 0 Å². The average Bonchev–Trinajstić information content (AvgIpc) is 2.16. The molecular weight excluding hydrogens is 221 g/mol. The Morgan fingerprint density at radius 1 is 1.33 bits per heavy atom. The Hall–Kier alpha value is 0.0300. The summed E-state index contributed by atoms with van der Waals surface area (Å²) in [6, 6.07) is 0. The van der Waals surface area contributed by atoms with Crippen molar-refractivity contribution < 1.29 is 24.0 Å². The number of hydrogen-bond acceptors (Lipinski definition) is 3. The molecule has 15 heavy (non-hydrogen) atoms. The molecule has 1 saturated heterocycles. The predicted molar refractivity (Wildman–Crippen MR) is 52.7 cm³/mol. The van der Waals surface area contributed by atoms with Crippen molar-refractivity contribution in [1.29, 1.82) is 0 Å². The molecule has 1 heterocycles. The van der Waals surface area contributed by atoms with Gasteiger partial charge in [0.25, 0.3) is 0 Å². The first-order valence-corrected chi connectivity index (χ1v) is 6.55. The fraction of sp³-hybridized carbons (Fsp3) is 1.00. The van der Waals surface area contributed by atoms with Crippen LogP contribution in [-0.4, -0.2) is 47.5 Å². The van der Waals surface area contributed by atoms with Gasteiger partial charge in [0.05, 0.1) is 13.2 Å². The van der Waals surface area contributed by atoms with Crippen molar-refractivity contribution in [3.05, 3.63) is 0 Å². The van der Waals surface area contributed by atoms with Crippen molar-refractivity contribution in [2.45, 2.75) is 12.8 Å². The minimum absolute atomic E-state index is 0.0936.